The zero-order valence-corrected chi connectivity index (χ0v) is 8.20. The van der Waals surface area contributed by atoms with Gasteiger partial charge < -0.3 is 0 Å². The van der Waals surface area contributed by atoms with Gasteiger partial charge in [0.05, 0.1) is 7.11 Å². The van der Waals surface area contributed by atoms with E-state index in [1.807, 2.05) is 6.08 Å². The Morgan fingerprint density at radius 3 is 2.67 bits per heavy atom. The molecule has 0 saturated carbocycles. The Hall–Kier alpha value is -0.830. The first-order valence-electron chi connectivity index (χ1n) is 4.11. The van der Waals surface area contributed by atoms with Crippen LogP contribution in [0.4, 0.5) is 0 Å². The number of carbonyl (C=O) groups excluding carboxylic acids is 1. The molecule has 3 heteroatoms. The van der Waals surface area contributed by atoms with Crippen molar-refractivity contribution in [3.05, 3.63) is 12.2 Å². The Morgan fingerprint density at radius 1 is 1.67 bits per heavy atom. The van der Waals surface area contributed by atoms with Gasteiger partial charge in [-0.15, -0.1) is 0 Å². The average Bonchev–Trinajstić information content (AvgIpc) is 2.11. The second-order valence-corrected chi connectivity index (χ2v) is 2.76. The Bertz CT molecular complexity index is 166. The van der Waals surface area contributed by atoms with Gasteiger partial charge in [-0.2, -0.15) is 0 Å². The van der Waals surface area contributed by atoms with Gasteiger partial charge in [-0.25, -0.2) is 5.06 Å². The Labute approximate surface area is 74.0 Å². The van der Waals surface area contributed by atoms with Gasteiger partial charge in [0, 0.05) is 13.1 Å². The lowest BCUT2D eigenvalue weighted by Crippen LogP contribution is -2.23. The molecule has 0 rings (SSSR count). The lowest BCUT2D eigenvalue weighted by Gasteiger charge is -2.10. The van der Waals surface area contributed by atoms with Crippen LogP contribution in [0.2, 0.25) is 0 Å². The van der Waals surface area contributed by atoms with Crippen molar-refractivity contribution >= 4 is 5.91 Å². The molecular weight excluding hydrogens is 154 g/mol. The highest BCUT2D eigenvalue weighted by atomic mass is 16.7. The molecule has 1 atom stereocenters. The van der Waals surface area contributed by atoms with E-state index >= 15 is 0 Å². The summed E-state index contributed by atoms with van der Waals surface area (Å²) in [6.07, 6.45) is 4.47. The molecule has 0 spiro atoms. The number of amides is 1. The quantitative estimate of drug-likeness (QED) is 0.475. The van der Waals surface area contributed by atoms with E-state index in [2.05, 4.69) is 13.8 Å². The predicted molar refractivity (Wildman–Crippen MR) is 48.4 cm³/mol. The molecule has 0 aromatic heterocycles. The number of hydrogen-bond donors (Lipinski definition) is 0. The maximum atomic E-state index is 11.1. The van der Waals surface area contributed by atoms with Crippen molar-refractivity contribution in [2.75, 3.05) is 14.2 Å². The Morgan fingerprint density at radius 2 is 2.25 bits per heavy atom. The second-order valence-electron chi connectivity index (χ2n) is 2.76. The third-order valence-corrected chi connectivity index (χ3v) is 1.80. The molecule has 12 heavy (non-hydrogen) atoms. The van der Waals surface area contributed by atoms with Crippen LogP contribution in [0.5, 0.6) is 0 Å². The fraction of sp³-hybridized carbons (Fsp3) is 0.667. The number of likely N-dealkylation sites (N-methyl/N-ethyl adjacent to an activating group) is 1. The third kappa shape index (κ3) is 4.13. The van der Waals surface area contributed by atoms with Crippen molar-refractivity contribution in [2.24, 2.45) is 5.92 Å². The van der Waals surface area contributed by atoms with Gasteiger partial charge in [0.2, 0.25) is 0 Å². The summed E-state index contributed by atoms with van der Waals surface area (Å²) in [7, 11) is 3.05. The molecule has 0 saturated heterocycles. The fourth-order valence-electron chi connectivity index (χ4n) is 0.578. The summed E-state index contributed by atoms with van der Waals surface area (Å²) in [5.74, 6) is 0.317. The highest BCUT2D eigenvalue weighted by Gasteiger charge is 2.02. The van der Waals surface area contributed by atoms with Gasteiger partial charge >= 0.3 is 0 Å². The first kappa shape index (κ1) is 11.2. The summed E-state index contributed by atoms with van der Waals surface area (Å²) >= 11 is 0. The smallest absolute Gasteiger partial charge is 0.269 e. The van der Waals surface area contributed by atoms with Crippen LogP contribution in [0.3, 0.4) is 0 Å². The molecule has 70 valence electrons. The summed E-state index contributed by atoms with van der Waals surface area (Å²) < 4.78 is 0. The average molecular weight is 171 g/mol. The van der Waals surface area contributed by atoms with Crippen LogP contribution in [0.1, 0.15) is 20.3 Å². The Balaban J connectivity index is 3.90. The number of carbonyl (C=O) groups is 1. The normalized spacial score (nSPS) is 13.3. The van der Waals surface area contributed by atoms with E-state index < -0.39 is 0 Å². The zero-order chi connectivity index (χ0) is 9.56. The van der Waals surface area contributed by atoms with Gasteiger partial charge in [0.15, 0.2) is 0 Å². The maximum absolute atomic E-state index is 11.1. The number of nitrogens with zero attached hydrogens (tertiary/aromatic N) is 1. The summed E-state index contributed by atoms with van der Waals surface area (Å²) in [4.78, 5) is 15.8. The van der Waals surface area contributed by atoms with Crippen LogP contribution in [-0.2, 0) is 9.63 Å². The van der Waals surface area contributed by atoms with Crippen LogP contribution < -0.4 is 0 Å². The van der Waals surface area contributed by atoms with Crippen molar-refractivity contribution in [3.63, 3.8) is 0 Å². The lowest BCUT2D eigenvalue weighted by molar-refractivity contribution is -0.162. The molecule has 0 aromatic carbocycles. The van der Waals surface area contributed by atoms with Crippen molar-refractivity contribution in [1.82, 2.24) is 5.06 Å². The molecule has 0 aliphatic carbocycles. The summed E-state index contributed by atoms with van der Waals surface area (Å²) in [6.45, 7) is 4.15. The van der Waals surface area contributed by atoms with E-state index in [1.165, 1.54) is 18.2 Å². The largest absolute Gasteiger partial charge is 0.274 e. The summed E-state index contributed by atoms with van der Waals surface area (Å²) in [5.41, 5.74) is 0. The maximum Gasteiger partial charge on any atom is 0.269 e. The van der Waals surface area contributed by atoms with E-state index in [4.69, 9.17) is 4.84 Å². The molecule has 1 unspecified atom stereocenters. The molecular formula is C9H17NO2. The molecule has 0 heterocycles. The van der Waals surface area contributed by atoms with Crippen LogP contribution in [-0.4, -0.2) is 25.1 Å². The van der Waals surface area contributed by atoms with E-state index in [1.54, 1.807) is 7.05 Å². The van der Waals surface area contributed by atoms with Gasteiger partial charge in [-0.1, -0.05) is 26.3 Å². The number of rotatable bonds is 4. The summed E-state index contributed by atoms with van der Waals surface area (Å²) in [6, 6.07) is 0. The van der Waals surface area contributed by atoms with Gasteiger partial charge in [0.1, 0.15) is 0 Å². The molecule has 0 aromatic rings. The zero-order valence-electron chi connectivity index (χ0n) is 8.20. The highest BCUT2D eigenvalue weighted by Crippen LogP contribution is 2.02. The Kier molecular flexibility index (Phi) is 5.37. The van der Waals surface area contributed by atoms with E-state index in [0.717, 1.165) is 6.42 Å². The molecule has 0 fully saturated rings. The fourth-order valence-corrected chi connectivity index (χ4v) is 0.578. The summed E-state index contributed by atoms with van der Waals surface area (Å²) in [5, 5.41) is 1.19. The third-order valence-electron chi connectivity index (χ3n) is 1.80. The van der Waals surface area contributed by atoms with Gasteiger partial charge in [-0.3, -0.25) is 9.63 Å². The minimum absolute atomic E-state index is 0.127. The van der Waals surface area contributed by atoms with Crippen molar-refractivity contribution < 1.29 is 9.63 Å². The topological polar surface area (TPSA) is 29.5 Å². The van der Waals surface area contributed by atoms with Crippen molar-refractivity contribution in [2.45, 2.75) is 20.3 Å². The van der Waals surface area contributed by atoms with Gasteiger partial charge in [-0.05, 0) is 5.92 Å². The van der Waals surface area contributed by atoms with Crippen molar-refractivity contribution in [1.29, 1.82) is 0 Å². The number of allylic oxidation sites excluding steroid dienone is 1. The van der Waals surface area contributed by atoms with E-state index in [-0.39, 0.29) is 5.91 Å². The van der Waals surface area contributed by atoms with E-state index in [0.29, 0.717) is 5.92 Å². The minimum atomic E-state index is -0.127. The number of hydroxylamine groups is 2. The lowest BCUT2D eigenvalue weighted by atomic mass is 10.1. The highest BCUT2D eigenvalue weighted by molar-refractivity contribution is 5.86. The molecule has 0 aliphatic heterocycles. The SMILES string of the molecule is CCC(C)/C=C/C(=O)N(C)OC. The molecule has 0 radical (unpaired) electrons. The van der Waals surface area contributed by atoms with Gasteiger partial charge in [0.25, 0.3) is 5.91 Å². The predicted octanol–water partition coefficient (Wildman–Crippen LogP) is 1.61. The minimum Gasteiger partial charge on any atom is -0.274 e. The van der Waals surface area contributed by atoms with E-state index in [9.17, 15) is 4.79 Å². The van der Waals surface area contributed by atoms with Crippen LogP contribution in [0.25, 0.3) is 0 Å². The standard InChI is InChI=1S/C9H17NO2/c1-5-8(2)6-7-9(11)10(3)12-4/h6-8H,5H2,1-4H3/b7-6+. The van der Waals surface area contributed by atoms with Crippen LogP contribution >= 0.6 is 0 Å². The molecule has 3 nitrogen and oxygen atoms in total. The van der Waals surface area contributed by atoms with Crippen molar-refractivity contribution in [3.8, 4) is 0 Å². The molecule has 0 bridgehead atoms. The first-order chi connectivity index (χ1) is 5.61. The molecule has 0 aliphatic rings. The molecule has 1 amide bonds. The first-order valence-corrected chi connectivity index (χ1v) is 4.11. The van der Waals surface area contributed by atoms with Crippen LogP contribution in [0, 0.1) is 5.92 Å². The monoisotopic (exact) mass is 171 g/mol. The molecule has 0 N–H and O–H groups in total. The second kappa shape index (κ2) is 5.77. The number of hydrogen-bond acceptors (Lipinski definition) is 2. The van der Waals surface area contributed by atoms with Crippen LogP contribution in [0.15, 0.2) is 12.2 Å².